The number of carbonyl (C=O) groups is 3. The summed E-state index contributed by atoms with van der Waals surface area (Å²) >= 11 is 0. The van der Waals surface area contributed by atoms with Gasteiger partial charge in [0.15, 0.2) is 6.10 Å². The molecule has 73 heavy (non-hydrogen) atoms. The predicted molar refractivity (Wildman–Crippen MR) is 316 cm³/mol. The average molecular weight is 1030 g/mol. The monoisotopic (exact) mass is 1030 g/mol. The van der Waals surface area contributed by atoms with E-state index < -0.39 is 6.10 Å². The van der Waals surface area contributed by atoms with Gasteiger partial charge < -0.3 is 14.2 Å². The average Bonchev–Trinajstić information content (AvgIpc) is 3.38. The third-order valence-electron chi connectivity index (χ3n) is 15.8. The van der Waals surface area contributed by atoms with Crippen LogP contribution in [0.15, 0.2) is 0 Å². The second-order valence-corrected chi connectivity index (χ2v) is 23.8. The quantitative estimate of drug-likeness (QED) is 0.0343. The van der Waals surface area contributed by atoms with Gasteiger partial charge in [0.25, 0.3) is 0 Å². The maximum Gasteiger partial charge on any atom is 0.306 e. The Labute approximate surface area is 457 Å². The van der Waals surface area contributed by atoms with Crippen molar-refractivity contribution in [2.75, 3.05) is 13.2 Å². The van der Waals surface area contributed by atoms with Crippen LogP contribution in [0.2, 0.25) is 0 Å². The molecule has 0 aromatic carbocycles. The van der Waals surface area contributed by atoms with Crippen LogP contribution >= 0.6 is 0 Å². The normalized spacial score (nSPS) is 12.4. The van der Waals surface area contributed by atoms with Gasteiger partial charge in [-0.2, -0.15) is 0 Å². The van der Waals surface area contributed by atoms with E-state index in [4.69, 9.17) is 14.2 Å². The van der Waals surface area contributed by atoms with Crippen molar-refractivity contribution in [1.82, 2.24) is 0 Å². The fraction of sp³-hybridized carbons (Fsp3) is 0.955. The fourth-order valence-corrected chi connectivity index (χ4v) is 10.4. The number of ether oxygens (including phenoxy) is 3. The Morgan fingerprint density at radius 3 is 0.781 bits per heavy atom. The molecule has 0 rings (SSSR count). The molecule has 0 aliphatic heterocycles. The molecule has 0 N–H and O–H groups in total. The summed E-state index contributed by atoms with van der Waals surface area (Å²) in [5.41, 5.74) is 0. The zero-order valence-electron chi connectivity index (χ0n) is 50.3. The van der Waals surface area contributed by atoms with Gasteiger partial charge >= 0.3 is 17.9 Å². The smallest absolute Gasteiger partial charge is 0.306 e. The summed E-state index contributed by atoms with van der Waals surface area (Å²) in [5.74, 6) is 0.927. The van der Waals surface area contributed by atoms with Crippen molar-refractivity contribution in [3.8, 4) is 0 Å². The first kappa shape index (κ1) is 71.4. The lowest BCUT2D eigenvalue weighted by atomic mass is 9.99. The van der Waals surface area contributed by atoms with Gasteiger partial charge in [0, 0.05) is 19.3 Å². The molecule has 1 unspecified atom stereocenters. The van der Waals surface area contributed by atoms with Crippen LogP contribution in [-0.4, -0.2) is 37.2 Å². The standard InChI is InChI=1S/C67H130O6/c1-6-8-9-10-11-12-13-14-15-21-29-34-39-44-49-54-59-67(70)73-64(61-72-66(69)58-53-48-43-38-33-28-24-23-26-31-36-41-46-51-56-63(5)7-2)60-71-65(68)57-52-47-42-37-32-27-22-19-17-16-18-20-25-30-35-40-45-50-55-62(3)4/h62-64H,6-61H2,1-5H3/t63?,64-/m1/s1. The van der Waals surface area contributed by atoms with E-state index >= 15 is 0 Å². The Morgan fingerprint density at radius 2 is 0.521 bits per heavy atom. The minimum atomic E-state index is -0.764. The second kappa shape index (κ2) is 59.7. The summed E-state index contributed by atoms with van der Waals surface area (Å²) < 4.78 is 17.0. The molecule has 6 heteroatoms. The Bertz CT molecular complexity index is 1120. The largest absolute Gasteiger partial charge is 0.462 e. The summed E-state index contributed by atoms with van der Waals surface area (Å²) in [5, 5.41) is 0. The highest BCUT2D eigenvalue weighted by Crippen LogP contribution is 2.20. The molecule has 0 fully saturated rings. The van der Waals surface area contributed by atoms with Gasteiger partial charge in [-0.3, -0.25) is 14.4 Å². The van der Waals surface area contributed by atoms with E-state index in [1.807, 2.05) is 0 Å². The van der Waals surface area contributed by atoms with E-state index in [0.29, 0.717) is 19.3 Å². The van der Waals surface area contributed by atoms with E-state index in [-0.39, 0.29) is 31.1 Å². The highest BCUT2D eigenvalue weighted by Gasteiger charge is 2.19. The zero-order chi connectivity index (χ0) is 53.2. The first-order chi connectivity index (χ1) is 35.8. The molecule has 0 saturated carbocycles. The van der Waals surface area contributed by atoms with Crippen LogP contribution in [0.4, 0.5) is 0 Å². The van der Waals surface area contributed by atoms with Gasteiger partial charge in [0.05, 0.1) is 0 Å². The first-order valence-electron chi connectivity index (χ1n) is 33.3. The van der Waals surface area contributed by atoms with Crippen molar-refractivity contribution in [3.63, 3.8) is 0 Å². The van der Waals surface area contributed by atoms with Crippen LogP contribution in [-0.2, 0) is 28.6 Å². The summed E-state index contributed by atoms with van der Waals surface area (Å²) in [6.07, 6.45) is 66.7. The van der Waals surface area contributed by atoms with Gasteiger partial charge in [-0.15, -0.1) is 0 Å². The summed E-state index contributed by atoms with van der Waals surface area (Å²) in [4.78, 5) is 38.4. The molecular formula is C67H130O6. The number of rotatable bonds is 61. The number of esters is 3. The Kier molecular flexibility index (Phi) is 58.4. The van der Waals surface area contributed by atoms with Crippen molar-refractivity contribution in [2.24, 2.45) is 11.8 Å². The minimum absolute atomic E-state index is 0.0615. The van der Waals surface area contributed by atoms with E-state index in [0.717, 1.165) is 69.6 Å². The fourth-order valence-electron chi connectivity index (χ4n) is 10.4. The van der Waals surface area contributed by atoms with Crippen LogP contribution < -0.4 is 0 Å². The van der Waals surface area contributed by atoms with Crippen molar-refractivity contribution in [1.29, 1.82) is 0 Å². The molecule has 2 atom stereocenters. The summed E-state index contributed by atoms with van der Waals surface area (Å²) in [6, 6.07) is 0. The van der Waals surface area contributed by atoms with Gasteiger partial charge in [-0.1, -0.05) is 343 Å². The molecule has 0 aromatic heterocycles. The summed E-state index contributed by atoms with van der Waals surface area (Å²) in [6.45, 7) is 11.5. The molecule has 434 valence electrons. The van der Waals surface area contributed by atoms with Gasteiger partial charge in [-0.25, -0.2) is 0 Å². The molecule has 0 spiro atoms. The number of hydrogen-bond acceptors (Lipinski definition) is 6. The molecule has 0 aliphatic rings. The van der Waals surface area contributed by atoms with Crippen LogP contribution in [0.1, 0.15) is 381 Å². The Balaban J connectivity index is 4.27. The highest BCUT2D eigenvalue weighted by atomic mass is 16.6. The topological polar surface area (TPSA) is 78.9 Å². The SMILES string of the molecule is CCCCCCCCCCCCCCCCCCC(=O)O[C@H](COC(=O)CCCCCCCCCCCCCCCCCCCCC(C)C)COC(=O)CCCCCCCCCCCCCCCCC(C)CC. The molecular weight excluding hydrogens is 901 g/mol. The zero-order valence-corrected chi connectivity index (χ0v) is 50.3. The lowest BCUT2D eigenvalue weighted by Crippen LogP contribution is -2.30. The molecule has 0 bridgehead atoms. The van der Waals surface area contributed by atoms with Crippen molar-refractivity contribution >= 4 is 17.9 Å². The summed E-state index contributed by atoms with van der Waals surface area (Å²) in [7, 11) is 0. The van der Waals surface area contributed by atoms with E-state index in [1.54, 1.807) is 0 Å². The lowest BCUT2D eigenvalue weighted by Gasteiger charge is -2.18. The van der Waals surface area contributed by atoms with Crippen LogP contribution in [0, 0.1) is 11.8 Å². The van der Waals surface area contributed by atoms with E-state index in [9.17, 15) is 14.4 Å². The van der Waals surface area contributed by atoms with E-state index in [2.05, 4.69) is 34.6 Å². The van der Waals surface area contributed by atoms with Gasteiger partial charge in [0.2, 0.25) is 0 Å². The lowest BCUT2D eigenvalue weighted by molar-refractivity contribution is -0.167. The molecule has 0 aliphatic carbocycles. The Hall–Kier alpha value is -1.59. The van der Waals surface area contributed by atoms with E-state index in [1.165, 1.54) is 270 Å². The number of hydrogen-bond donors (Lipinski definition) is 0. The van der Waals surface area contributed by atoms with Crippen LogP contribution in [0.5, 0.6) is 0 Å². The molecule has 0 saturated heterocycles. The molecule has 0 amide bonds. The molecule has 0 aromatic rings. The van der Waals surface area contributed by atoms with Crippen LogP contribution in [0.25, 0.3) is 0 Å². The van der Waals surface area contributed by atoms with Gasteiger partial charge in [-0.05, 0) is 31.1 Å². The Morgan fingerprint density at radius 1 is 0.288 bits per heavy atom. The van der Waals surface area contributed by atoms with Crippen molar-refractivity contribution in [2.45, 2.75) is 387 Å². The predicted octanol–water partition coefficient (Wildman–Crippen LogP) is 22.4. The molecule has 0 radical (unpaired) electrons. The third kappa shape index (κ3) is 59.5. The van der Waals surface area contributed by atoms with Gasteiger partial charge in [0.1, 0.15) is 13.2 Å². The number of carbonyl (C=O) groups excluding carboxylic acids is 3. The maximum absolute atomic E-state index is 12.9. The third-order valence-corrected chi connectivity index (χ3v) is 15.8. The van der Waals surface area contributed by atoms with Crippen molar-refractivity contribution in [3.05, 3.63) is 0 Å². The first-order valence-corrected chi connectivity index (χ1v) is 33.3. The molecule has 6 nitrogen and oxygen atoms in total. The second-order valence-electron chi connectivity index (χ2n) is 23.8. The number of unbranched alkanes of at least 4 members (excludes halogenated alkanes) is 45. The van der Waals surface area contributed by atoms with Crippen molar-refractivity contribution < 1.29 is 28.6 Å². The highest BCUT2D eigenvalue weighted by molar-refractivity contribution is 5.71. The van der Waals surface area contributed by atoms with Crippen LogP contribution in [0.3, 0.4) is 0 Å². The maximum atomic E-state index is 12.9. The minimum Gasteiger partial charge on any atom is -0.462 e. The molecule has 0 heterocycles.